The molecular formula is C13H22N2O3. The summed E-state index contributed by atoms with van der Waals surface area (Å²) in [7, 11) is 0. The molecule has 1 heterocycles. The summed E-state index contributed by atoms with van der Waals surface area (Å²) in [4.78, 5) is 11.6. The maximum atomic E-state index is 11.6. The van der Waals surface area contributed by atoms with E-state index in [0.29, 0.717) is 5.76 Å². The summed E-state index contributed by atoms with van der Waals surface area (Å²) in [5.74, 6) is 0.444. The molecule has 1 rings (SSSR count). The van der Waals surface area contributed by atoms with Crippen LogP contribution < -0.4 is 10.6 Å². The number of aliphatic hydroxyl groups is 1. The van der Waals surface area contributed by atoms with Gasteiger partial charge in [0, 0.05) is 6.04 Å². The molecule has 0 radical (unpaired) electrons. The number of aliphatic hydroxyl groups excluding tert-OH is 1. The Balaban J connectivity index is 2.34. The first-order valence-corrected chi connectivity index (χ1v) is 6.06. The molecule has 0 aliphatic carbocycles. The summed E-state index contributed by atoms with van der Waals surface area (Å²) in [6, 6.07) is 3.11. The average Bonchev–Trinajstić information content (AvgIpc) is 2.77. The maximum Gasteiger partial charge on any atom is 0.315 e. The van der Waals surface area contributed by atoms with Crippen molar-refractivity contribution in [3.63, 3.8) is 0 Å². The van der Waals surface area contributed by atoms with E-state index in [-0.39, 0.29) is 24.0 Å². The first-order valence-electron chi connectivity index (χ1n) is 6.06. The summed E-state index contributed by atoms with van der Waals surface area (Å²) in [6.45, 7) is 8.22. The quantitative estimate of drug-likeness (QED) is 0.769. The monoisotopic (exact) mass is 254 g/mol. The van der Waals surface area contributed by atoms with Gasteiger partial charge in [0.25, 0.3) is 0 Å². The number of carbonyl (C=O) groups is 1. The summed E-state index contributed by atoms with van der Waals surface area (Å²) < 4.78 is 5.04. The molecule has 5 heteroatoms. The molecule has 1 aromatic rings. The molecule has 0 saturated heterocycles. The van der Waals surface area contributed by atoms with E-state index in [2.05, 4.69) is 31.4 Å². The van der Waals surface area contributed by atoms with Crippen molar-refractivity contribution in [2.45, 2.75) is 39.8 Å². The van der Waals surface area contributed by atoms with Crippen LogP contribution in [-0.2, 0) is 0 Å². The third kappa shape index (κ3) is 4.41. The van der Waals surface area contributed by atoms with Crippen LogP contribution in [0.1, 0.15) is 39.6 Å². The number of urea groups is 1. The second kappa shape index (κ2) is 5.91. The Bertz CT molecular complexity index is 368. The number of rotatable bonds is 4. The zero-order valence-electron chi connectivity index (χ0n) is 11.4. The number of hydrogen-bond acceptors (Lipinski definition) is 3. The minimum absolute atomic E-state index is 0.00301. The Hall–Kier alpha value is -1.49. The van der Waals surface area contributed by atoms with Crippen molar-refractivity contribution in [3.8, 4) is 0 Å². The maximum absolute atomic E-state index is 11.6. The molecule has 0 bridgehead atoms. The fraction of sp³-hybridized carbons (Fsp3) is 0.615. The van der Waals surface area contributed by atoms with Gasteiger partial charge in [-0.15, -0.1) is 0 Å². The minimum atomic E-state index is -0.823. The van der Waals surface area contributed by atoms with Gasteiger partial charge in [0.05, 0.1) is 12.8 Å². The van der Waals surface area contributed by atoms with Gasteiger partial charge in [-0.3, -0.25) is 0 Å². The molecule has 102 valence electrons. The van der Waals surface area contributed by atoms with Crippen LogP contribution in [0.4, 0.5) is 4.79 Å². The van der Waals surface area contributed by atoms with Crippen molar-refractivity contribution in [2.24, 2.45) is 5.41 Å². The van der Waals surface area contributed by atoms with Gasteiger partial charge in [-0.05, 0) is 24.5 Å². The van der Waals surface area contributed by atoms with Crippen LogP contribution in [-0.4, -0.2) is 23.7 Å². The molecule has 3 N–H and O–H groups in total. The van der Waals surface area contributed by atoms with Gasteiger partial charge in [0.2, 0.25) is 0 Å². The van der Waals surface area contributed by atoms with Crippen LogP contribution in [0, 0.1) is 5.41 Å². The number of furan rings is 1. The number of hydrogen-bond donors (Lipinski definition) is 3. The molecule has 0 aliphatic heterocycles. The predicted octanol–water partition coefficient (Wildman–Crippen LogP) is 2.05. The lowest BCUT2D eigenvalue weighted by Crippen LogP contribution is -2.47. The molecule has 0 aliphatic rings. The zero-order chi connectivity index (χ0) is 13.8. The number of carbonyl (C=O) groups excluding carboxylic acids is 1. The van der Waals surface area contributed by atoms with Gasteiger partial charge in [0.15, 0.2) is 0 Å². The van der Waals surface area contributed by atoms with Crippen molar-refractivity contribution < 1.29 is 14.3 Å². The van der Waals surface area contributed by atoms with E-state index in [1.807, 2.05) is 6.92 Å². The van der Waals surface area contributed by atoms with E-state index in [9.17, 15) is 9.90 Å². The number of amides is 2. The van der Waals surface area contributed by atoms with Crippen molar-refractivity contribution in [1.82, 2.24) is 10.6 Å². The van der Waals surface area contributed by atoms with Gasteiger partial charge in [-0.25, -0.2) is 4.79 Å². The van der Waals surface area contributed by atoms with Crippen molar-refractivity contribution in [1.29, 1.82) is 0 Å². The lowest BCUT2D eigenvalue weighted by molar-refractivity contribution is 0.146. The lowest BCUT2D eigenvalue weighted by Gasteiger charge is -2.28. The smallest absolute Gasteiger partial charge is 0.315 e. The van der Waals surface area contributed by atoms with E-state index >= 15 is 0 Å². The third-order valence-corrected chi connectivity index (χ3v) is 2.97. The molecule has 0 fully saturated rings. The van der Waals surface area contributed by atoms with E-state index in [1.165, 1.54) is 6.26 Å². The third-order valence-electron chi connectivity index (χ3n) is 2.97. The topological polar surface area (TPSA) is 74.5 Å². The van der Waals surface area contributed by atoms with Gasteiger partial charge < -0.3 is 20.2 Å². The van der Waals surface area contributed by atoms with Crippen LogP contribution in [0.15, 0.2) is 22.8 Å². The van der Waals surface area contributed by atoms with Crippen molar-refractivity contribution in [2.75, 3.05) is 6.54 Å². The van der Waals surface area contributed by atoms with E-state index in [0.717, 1.165) is 0 Å². The second-order valence-electron chi connectivity index (χ2n) is 5.47. The SMILES string of the molecule is CC(NC(=O)NCC(O)c1ccco1)C(C)(C)C. The molecule has 2 amide bonds. The van der Waals surface area contributed by atoms with Crippen molar-refractivity contribution >= 4 is 6.03 Å². The Labute approximate surface area is 108 Å². The average molecular weight is 254 g/mol. The lowest BCUT2D eigenvalue weighted by atomic mass is 9.88. The van der Waals surface area contributed by atoms with Crippen LogP contribution in [0.3, 0.4) is 0 Å². The van der Waals surface area contributed by atoms with Gasteiger partial charge in [-0.2, -0.15) is 0 Å². The van der Waals surface area contributed by atoms with E-state index in [4.69, 9.17) is 4.42 Å². The molecule has 5 nitrogen and oxygen atoms in total. The summed E-state index contributed by atoms with van der Waals surface area (Å²) in [5, 5.41) is 15.2. The van der Waals surface area contributed by atoms with Crippen LogP contribution in [0.5, 0.6) is 0 Å². The van der Waals surface area contributed by atoms with Crippen LogP contribution >= 0.6 is 0 Å². The first kappa shape index (κ1) is 14.6. The largest absolute Gasteiger partial charge is 0.467 e. The second-order valence-corrected chi connectivity index (χ2v) is 5.47. The minimum Gasteiger partial charge on any atom is -0.467 e. The van der Waals surface area contributed by atoms with E-state index in [1.54, 1.807) is 12.1 Å². The van der Waals surface area contributed by atoms with Crippen LogP contribution in [0.2, 0.25) is 0 Å². The Morgan fingerprint density at radius 3 is 2.67 bits per heavy atom. The highest BCUT2D eigenvalue weighted by molar-refractivity contribution is 5.74. The molecule has 2 unspecified atom stereocenters. The summed E-state index contributed by atoms with van der Waals surface area (Å²) in [6.07, 6.45) is 0.663. The normalized spacial score (nSPS) is 14.9. The zero-order valence-corrected chi connectivity index (χ0v) is 11.4. The Kier molecular flexibility index (Phi) is 4.78. The summed E-state index contributed by atoms with van der Waals surface area (Å²) in [5.41, 5.74) is -0.00301. The van der Waals surface area contributed by atoms with Crippen LogP contribution in [0.25, 0.3) is 0 Å². The Morgan fingerprint density at radius 2 is 2.17 bits per heavy atom. The molecule has 1 aromatic heterocycles. The van der Waals surface area contributed by atoms with Gasteiger partial charge in [0.1, 0.15) is 11.9 Å². The highest BCUT2D eigenvalue weighted by Crippen LogP contribution is 2.18. The van der Waals surface area contributed by atoms with E-state index < -0.39 is 6.10 Å². The molecule has 18 heavy (non-hydrogen) atoms. The highest BCUT2D eigenvalue weighted by atomic mass is 16.4. The fourth-order valence-corrected chi connectivity index (χ4v) is 1.24. The van der Waals surface area contributed by atoms with Gasteiger partial charge in [-0.1, -0.05) is 20.8 Å². The fourth-order valence-electron chi connectivity index (χ4n) is 1.24. The number of nitrogens with one attached hydrogen (secondary N) is 2. The predicted molar refractivity (Wildman–Crippen MR) is 69.1 cm³/mol. The van der Waals surface area contributed by atoms with Gasteiger partial charge >= 0.3 is 6.03 Å². The highest BCUT2D eigenvalue weighted by Gasteiger charge is 2.21. The molecule has 0 spiro atoms. The first-order chi connectivity index (χ1) is 8.30. The Morgan fingerprint density at radius 1 is 1.50 bits per heavy atom. The standard InChI is InChI=1S/C13H22N2O3/c1-9(13(2,3)4)15-12(17)14-8-10(16)11-6-5-7-18-11/h5-7,9-10,16H,8H2,1-4H3,(H2,14,15,17). The summed E-state index contributed by atoms with van der Waals surface area (Å²) >= 11 is 0. The molecule has 0 saturated carbocycles. The molecule has 2 atom stereocenters. The molecular weight excluding hydrogens is 232 g/mol. The molecule has 0 aromatic carbocycles. The van der Waals surface area contributed by atoms with Crippen molar-refractivity contribution in [3.05, 3.63) is 24.2 Å².